The standard InChI is InChI=1S/C19H18BrFN6O/c1-25(2)18(28)16-5-6-22-19(23-16)26-8-13-10-27(24-17(13)11-26)9-12-3-4-14(20)7-15(12)21/h3-7,10H,8-9,11H2,1-2H3. The number of aromatic nitrogens is 4. The van der Waals surface area contributed by atoms with Gasteiger partial charge in [0.25, 0.3) is 5.91 Å². The molecule has 0 N–H and O–H groups in total. The Morgan fingerprint density at radius 3 is 2.82 bits per heavy atom. The minimum Gasteiger partial charge on any atom is -0.343 e. The lowest BCUT2D eigenvalue weighted by molar-refractivity contribution is 0.0822. The first-order chi connectivity index (χ1) is 13.4. The highest BCUT2D eigenvalue weighted by atomic mass is 79.9. The summed E-state index contributed by atoms with van der Waals surface area (Å²) in [7, 11) is 3.37. The molecular formula is C19H18BrFN6O. The van der Waals surface area contributed by atoms with Crippen molar-refractivity contribution in [3.63, 3.8) is 0 Å². The predicted molar refractivity (Wildman–Crippen MR) is 105 cm³/mol. The molecule has 0 aliphatic carbocycles. The quantitative estimate of drug-likeness (QED) is 0.618. The summed E-state index contributed by atoms with van der Waals surface area (Å²) >= 11 is 3.26. The van der Waals surface area contributed by atoms with Crippen LogP contribution in [0.4, 0.5) is 10.3 Å². The number of amides is 1. The summed E-state index contributed by atoms with van der Waals surface area (Å²) in [6, 6.07) is 6.62. The fraction of sp³-hybridized carbons (Fsp3) is 0.263. The van der Waals surface area contributed by atoms with Gasteiger partial charge in [-0.25, -0.2) is 14.4 Å². The zero-order chi connectivity index (χ0) is 19.8. The molecule has 9 heteroatoms. The number of halogens is 2. The van der Waals surface area contributed by atoms with Gasteiger partial charge < -0.3 is 9.80 Å². The Bertz CT molecular complexity index is 1030. The van der Waals surface area contributed by atoms with Crippen LogP contribution in [0.2, 0.25) is 0 Å². The zero-order valence-electron chi connectivity index (χ0n) is 15.4. The first-order valence-electron chi connectivity index (χ1n) is 8.69. The molecule has 28 heavy (non-hydrogen) atoms. The van der Waals surface area contributed by atoms with E-state index in [9.17, 15) is 9.18 Å². The monoisotopic (exact) mass is 444 g/mol. The van der Waals surface area contributed by atoms with Crippen LogP contribution in [0.3, 0.4) is 0 Å². The molecule has 7 nitrogen and oxygen atoms in total. The van der Waals surface area contributed by atoms with Crippen LogP contribution in [-0.4, -0.2) is 44.7 Å². The topological polar surface area (TPSA) is 67.2 Å². The van der Waals surface area contributed by atoms with E-state index in [1.165, 1.54) is 11.0 Å². The molecule has 1 aliphatic rings. The average molecular weight is 445 g/mol. The lowest BCUT2D eigenvalue weighted by atomic mass is 10.2. The summed E-state index contributed by atoms with van der Waals surface area (Å²) in [5.74, 6) is 0.0703. The van der Waals surface area contributed by atoms with Gasteiger partial charge in [0.2, 0.25) is 5.95 Å². The predicted octanol–water partition coefficient (Wildman–Crippen LogP) is 2.85. The van der Waals surface area contributed by atoms with Crippen molar-refractivity contribution in [1.82, 2.24) is 24.6 Å². The van der Waals surface area contributed by atoms with Gasteiger partial charge in [-0.1, -0.05) is 22.0 Å². The zero-order valence-corrected chi connectivity index (χ0v) is 17.0. The third-order valence-electron chi connectivity index (χ3n) is 4.52. The van der Waals surface area contributed by atoms with Crippen molar-refractivity contribution in [2.24, 2.45) is 0 Å². The number of hydrogen-bond acceptors (Lipinski definition) is 5. The Morgan fingerprint density at radius 2 is 2.11 bits per heavy atom. The summed E-state index contributed by atoms with van der Waals surface area (Å²) in [4.78, 5) is 24.2. The Kier molecular flexibility index (Phi) is 4.84. The van der Waals surface area contributed by atoms with Gasteiger partial charge >= 0.3 is 0 Å². The number of rotatable bonds is 4. The van der Waals surface area contributed by atoms with Gasteiger partial charge in [0.1, 0.15) is 11.5 Å². The first kappa shape index (κ1) is 18.5. The highest BCUT2D eigenvalue weighted by Gasteiger charge is 2.25. The number of fused-ring (bicyclic) bond motifs is 1. The second kappa shape index (κ2) is 7.31. The average Bonchev–Trinajstić information content (AvgIpc) is 3.22. The van der Waals surface area contributed by atoms with Gasteiger partial charge in [-0.15, -0.1) is 0 Å². The maximum Gasteiger partial charge on any atom is 0.272 e. The van der Waals surface area contributed by atoms with Gasteiger partial charge in [0.15, 0.2) is 0 Å². The van der Waals surface area contributed by atoms with Gasteiger partial charge in [-0.05, 0) is 18.2 Å². The van der Waals surface area contributed by atoms with E-state index in [2.05, 4.69) is 31.0 Å². The van der Waals surface area contributed by atoms with E-state index in [0.29, 0.717) is 41.3 Å². The van der Waals surface area contributed by atoms with Gasteiger partial charge in [0.05, 0.1) is 18.8 Å². The summed E-state index contributed by atoms with van der Waals surface area (Å²) < 4.78 is 16.5. The van der Waals surface area contributed by atoms with Crippen LogP contribution in [0.1, 0.15) is 27.3 Å². The SMILES string of the molecule is CN(C)C(=O)c1ccnc(N2Cc3cn(Cc4ccc(Br)cc4F)nc3C2)n1. The van der Waals surface area contributed by atoms with Crippen molar-refractivity contribution in [3.05, 3.63) is 69.5 Å². The van der Waals surface area contributed by atoms with Crippen LogP contribution in [-0.2, 0) is 19.6 Å². The number of hydrogen-bond donors (Lipinski definition) is 0. The molecule has 0 saturated carbocycles. The van der Waals surface area contributed by atoms with Gasteiger partial charge in [-0.3, -0.25) is 9.48 Å². The molecule has 0 fully saturated rings. The van der Waals surface area contributed by atoms with E-state index >= 15 is 0 Å². The molecule has 0 saturated heterocycles. The van der Waals surface area contributed by atoms with E-state index in [4.69, 9.17) is 0 Å². The Balaban J connectivity index is 1.49. The van der Waals surface area contributed by atoms with Gasteiger partial charge in [0, 0.05) is 48.6 Å². The number of anilines is 1. The smallest absolute Gasteiger partial charge is 0.272 e. The Labute approximate surface area is 169 Å². The van der Waals surface area contributed by atoms with Crippen molar-refractivity contribution >= 4 is 27.8 Å². The highest BCUT2D eigenvalue weighted by Crippen LogP contribution is 2.25. The van der Waals surface area contributed by atoms with E-state index in [-0.39, 0.29) is 11.7 Å². The molecule has 144 valence electrons. The molecule has 1 aliphatic heterocycles. The van der Waals surface area contributed by atoms with Crippen molar-refractivity contribution in [2.75, 3.05) is 19.0 Å². The third-order valence-corrected chi connectivity index (χ3v) is 5.02. The molecule has 0 atom stereocenters. The number of benzene rings is 1. The normalized spacial score (nSPS) is 12.9. The fourth-order valence-corrected chi connectivity index (χ4v) is 3.44. The Morgan fingerprint density at radius 1 is 1.29 bits per heavy atom. The van der Waals surface area contributed by atoms with E-state index < -0.39 is 0 Å². The fourth-order valence-electron chi connectivity index (χ4n) is 3.11. The van der Waals surface area contributed by atoms with Crippen molar-refractivity contribution in [1.29, 1.82) is 0 Å². The molecule has 0 radical (unpaired) electrons. The molecule has 1 amide bonds. The molecule has 3 aromatic rings. The van der Waals surface area contributed by atoms with Crippen LogP contribution < -0.4 is 4.90 Å². The van der Waals surface area contributed by atoms with Crippen molar-refractivity contribution < 1.29 is 9.18 Å². The number of nitrogens with zero attached hydrogens (tertiary/aromatic N) is 6. The second-order valence-electron chi connectivity index (χ2n) is 6.83. The minimum absolute atomic E-state index is 0.165. The maximum atomic E-state index is 14.1. The molecule has 3 heterocycles. The summed E-state index contributed by atoms with van der Waals surface area (Å²) in [5, 5.41) is 4.58. The van der Waals surface area contributed by atoms with E-state index in [1.54, 1.807) is 37.1 Å². The number of carbonyl (C=O) groups is 1. The summed E-state index contributed by atoms with van der Waals surface area (Å²) in [6.07, 6.45) is 3.51. The van der Waals surface area contributed by atoms with Crippen LogP contribution in [0.5, 0.6) is 0 Å². The summed E-state index contributed by atoms with van der Waals surface area (Å²) in [5.41, 5.74) is 2.89. The van der Waals surface area contributed by atoms with E-state index in [1.807, 2.05) is 17.2 Å². The van der Waals surface area contributed by atoms with Crippen LogP contribution in [0.25, 0.3) is 0 Å². The Hall–Kier alpha value is -2.81. The maximum absolute atomic E-state index is 14.1. The molecule has 4 rings (SSSR count). The molecule has 0 spiro atoms. The number of carbonyl (C=O) groups excluding carboxylic acids is 1. The minimum atomic E-state index is -0.262. The van der Waals surface area contributed by atoms with Crippen molar-refractivity contribution in [3.8, 4) is 0 Å². The first-order valence-corrected chi connectivity index (χ1v) is 9.49. The molecule has 0 bridgehead atoms. The molecule has 1 aromatic carbocycles. The van der Waals surface area contributed by atoms with Crippen LogP contribution in [0.15, 0.2) is 41.1 Å². The summed E-state index contributed by atoms with van der Waals surface area (Å²) in [6.45, 7) is 1.51. The highest BCUT2D eigenvalue weighted by molar-refractivity contribution is 9.10. The van der Waals surface area contributed by atoms with Crippen molar-refractivity contribution in [2.45, 2.75) is 19.6 Å². The van der Waals surface area contributed by atoms with Gasteiger partial charge in [-0.2, -0.15) is 5.10 Å². The largest absolute Gasteiger partial charge is 0.343 e. The van der Waals surface area contributed by atoms with E-state index in [0.717, 1.165) is 11.3 Å². The van der Waals surface area contributed by atoms with Crippen LogP contribution >= 0.6 is 15.9 Å². The molecule has 2 aromatic heterocycles. The molecular weight excluding hydrogens is 427 g/mol. The third kappa shape index (κ3) is 3.62. The lowest BCUT2D eigenvalue weighted by Crippen LogP contribution is -2.25. The molecule has 0 unspecified atom stereocenters. The lowest BCUT2D eigenvalue weighted by Gasteiger charge is -2.17. The van der Waals surface area contributed by atoms with Crippen LogP contribution in [0, 0.1) is 5.82 Å². The second-order valence-corrected chi connectivity index (χ2v) is 7.75.